The van der Waals surface area contributed by atoms with E-state index >= 15 is 0 Å². The van der Waals surface area contributed by atoms with Gasteiger partial charge in [0.15, 0.2) is 0 Å². The molecule has 2 aliphatic carbocycles. The van der Waals surface area contributed by atoms with Gasteiger partial charge in [-0.2, -0.15) is 0 Å². The van der Waals surface area contributed by atoms with Gasteiger partial charge in [-0.25, -0.2) is 0 Å². The Morgan fingerprint density at radius 3 is 2.31 bits per heavy atom. The standard InChI is InChI=1S/C25H22O/c26-24-16-19-11-5-7-13-21(19)25(24)23-15-18-10-4-6-12-20(18)22(23)14-17-8-2-1-3-9-17/h1-13,16,22-23,25-26H,14-15H2. The molecule has 3 aromatic rings. The van der Waals surface area contributed by atoms with Crippen molar-refractivity contribution in [3.8, 4) is 0 Å². The van der Waals surface area contributed by atoms with Crippen molar-refractivity contribution in [3.63, 3.8) is 0 Å². The summed E-state index contributed by atoms with van der Waals surface area (Å²) in [5, 5.41) is 10.8. The topological polar surface area (TPSA) is 20.2 Å². The Labute approximate surface area is 154 Å². The molecule has 0 aliphatic heterocycles. The SMILES string of the molecule is OC1=Cc2ccccc2C1C1Cc2ccccc2C1Cc1ccccc1. The highest BCUT2D eigenvalue weighted by Gasteiger charge is 2.41. The molecule has 0 spiro atoms. The van der Waals surface area contributed by atoms with E-state index in [0.717, 1.165) is 12.8 Å². The summed E-state index contributed by atoms with van der Waals surface area (Å²) in [5.41, 5.74) is 6.72. The first-order valence-electron chi connectivity index (χ1n) is 9.42. The summed E-state index contributed by atoms with van der Waals surface area (Å²) in [7, 11) is 0. The Kier molecular flexibility index (Phi) is 3.67. The van der Waals surface area contributed by atoms with E-state index in [4.69, 9.17) is 0 Å². The lowest BCUT2D eigenvalue weighted by molar-refractivity contribution is 0.303. The van der Waals surface area contributed by atoms with Gasteiger partial charge in [-0.15, -0.1) is 0 Å². The molecular weight excluding hydrogens is 316 g/mol. The predicted octanol–water partition coefficient (Wildman–Crippen LogP) is 5.88. The Bertz CT molecular complexity index is 970. The minimum absolute atomic E-state index is 0.104. The van der Waals surface area contributed by atoms with Crippen LogP contribution in [-0.4, -0.2) is 5.11 Å². The van der Waals surface area contributed by atoms with Gasteiger partial charge in [0.1, 0.15) is 5.76 Å². The van der Waals surface area contributed by atoms with Gasteiger partial charge in [0.2, 0.25) is 0 Å². The molecule has 0 fully saturated rings. The van der Waals surface area contributed by atoms with Crippen LogP contribution in [0.1, 0.15) is 39.7 Å². The zero-order valence-corrected chi connectivity index (χ0v) is 14.7. The fourth-order valence-corrected chi connectivity index (χ4v) is 4.97. The number of fused-ring (bicyclic) bond motifs is 2. The van der Waals surface area contributed by atoms with Crippen LogP contribution in [0.4, 0.5) is 0 Å². The minimum Gasteiger partial charge on any atom is -0.512 e. The van der Waals surface area contributed by atoms with E-state index in [1.807, 2.05) is 6.08 Å². The molecular formula is C25H22O. The van der Waals surface area contributed by atoms with E-state index in [2.05, 4.69) is 78.9 Å². The maximum atomic E-state index is 10.8. The van der Waals surface area contributed by atoms with Crippen LogP contribution in [0, 0.1) is 5.92 Å². The highest BCUT2D eigenvalue weighted by Crippen LogP contribution is 2.51. The third-order valence-electron chi connectivity index (χ3n) is 6.11. The molecule has 0 heterocycles. The van der Waals surface area contributed by atoms with Gasteiger partial charge in [-0.3, -0.25) is 0 Å². The summed E-state index contributed by atoms with van der Waals surface area (Å²) in [6, 6.07) is 28.0. The van der Waals surface area contributed by atoms with Crippen LogP contribution in [0.3, 0.4) is 0 Å². The minimum atomic E-state index is 0.104. The number of hydrogen-bond acceptors (Lipinski definition) is 1. The van der Waals surface area contributed by atoms with Gasteiger partial charge in [0.25, 0.3) is 0 Å². The van der Waals surface area contributed by atoms with Crippen LogP contribution in [0.2, 0.25) is 0 Å². The van der Waals surface area contributed by atoms with Crippen molar-refractivity contribution in [2.24, 2.45) is 5.92 Å². The number of rotatable bonds is 3. The number of hydrogen-bond donors (Lipinski definition) is 1. The molecule has 3 unspecified atom stereocenters. The number of allylic oxidation sites excluding steroid dienone is 1. The number of aliphatic hydroxyl groups excluding tert-OH is 1. The highest BCUT2D eigenvalue weighted by atomic mass is 16.3. The quantitative estimate of drug-likeness (QED) is 0.632. The number of aliphatic hydroxyl groups is 1. The van der Waals surface area contributed by atoms with E-state index in [0.29, 0.717) is 17.6 Å². The first kappa shape index (κ1) is 15.5. The maximum absolute atomic E-state index is 10.8. The lowest BCUT2D eigenvalue weighted by Crippen LogP contribution is -2.20. The first-order valence-corrected chi connectivity index (χ1v) is 9.42. The average molecular weight is 338 g/mol. The monoisotopic (exact) mass is 338 g/mol. The predicted molar refractivity (Wildman–Crippen MR) is 106 cm³/mol. The second-order valence-electron chi connectivity index (χ2n) is 7.54. The summed E-state index contributed by atoms with van der Waals surface area (Å²) in [5.74, 6) is 1.46. The third kappa shape index (κ3) is 2.47. The van der Waals surface area contributed by atoms with Crippen LogP contribution in [-0.2, 0) is 12.8 Å². The second kappa shape index (κ2) is 6.17. The fraction of sp³-hybridized carbons (Fsp3) is 0.200. The molecule has 1 heteroatoms. The fourth-order valence-electron chi connectivity index (χ4n) is 4.97. The Hall–Kier alpha value is -2.80. The first-order chi connectivity index (χ1) is 12.8. The van der Waals surface area contributed by atoms with Gasteiger partial charge < -0.3 is 5.11 Å². The molecule has 1 N–H and O–H groups in total. The zero-order chi connectivity index (χ0) is 17.5. The highest BCUT2D eigenvalue weighted by molar-refractivity contribution is 5.65. The number of benzene rings is 3. The molecule has 5 rings (SSSR count). The van der Waals surface area contributed by atoms with Crippen molar-refractivity contribution >= 4 is 6.08 Å². The molecule has 0 saturated heterocycles. The molecule has 128 valence electrons. The van der Waals surface area contributed by atoms with Crippen LogP contribution >= 0.6 is 0 Å². The normalized spacial score (nSPS) is 23.4. The van der Waals surface area contributed by atoms with Gasteiger partial charge in [0.05, 0.1) is 0 Å². The summed E-state index contributed by atoms with van der Waals surface area (Å²) in [6.07, 6.45) is 4.02. The van der Waals surface area contributed by atoms with Crippen LogP contribution in [0.5, 0.6) is 0 Å². The summed E-state index contributed by atoms with van der Waals surface area (Å²) >= 11 is 0. The van der Waals surface area contributed by atoms with Crippen molar-refractivity contribution in [1.82, 2.24) is 0 Å². The molecule has 0 radical (unpaired) electrons. The summed E-state index contributed by atoms with van der Waals surface area (Å²) in [4.78, 5) is 0. The molecule has 3 atom stereocenters. The molecule has 0 aromatic heterocycles. The van der Waals surface area contributed by atoms with E-state index in [9.17, 15) is 5.11 Å². The molecule has 0 bridgehead atoms. The Morgan fingerprint density at radius 2 is 1.46 bits per heavy atom. The summed E-state index contributed by atoms with van der Waals surface area (Å²) < 4.78 is 0. The lowest BCUT2D eigenvalue weighted by atomic mass is 9.76. The molecule has 3 aromatic carbocycles. The van der Waals surface area contributed by atoms with Gasteiger partial charge in [-0.05, 0) is 58.6 Å². The summed E-state index contributed by atoms with van der Waals surface area (Å²) in [6.45, 7) is 0. The van der Waals surface area contributed by atoms with Crippen molar-refractivity contribution in [2.75, 3.05) is 0 Å². The van der Waals surface area contributed by atoms with Gasteiger partial charge >= 0.3 is 0 Å². The lowest BCUT2D eigenvalue weighted by Gasteiger charge is -2.27. The van der Waals surface area contributed by atoms with E-state index in [-0.39, 0.29) is 5.92 Å². The zero-order valence-electron chi connectivity index (χ0n) is 14.7. The van der Waals surface area contributed by atoms with Gasteiger partial charge in [-0.1, -0.05) is 78.9 Å². The largest absolute Gasteiger partial charge is 0.512 e. The van der Waals surface area contributed by atoms with Crippen molar-refractivity contribution in [3.05, 3.63) is 112 Å². The third-order valence-corrected chi connectivity index (χ3v) is 6.11. The van der Waals surface area contributed by atoms with Crippen molar-refractivity contribution in [2.45, 2.75) is 24.7 Å². The maximum Gasteiger partial charge on any atom is 0.101 e. The van der Waals surface area contributed by atoms with E-state index in [1.165, 1.54) is 27.8 Å². The van der Waals surface area contributed by atoms with Crippen molar-refractivity contribution < 1.29 is 5.11 Å². The molecule has 2 aliphatic rings. The van der Waals surface area contributed by atoms with E-state index < -0.39 is 0 Å². The Balaban J connectivity index is 1.57. The smallest absolute Gasteiger partial charge is 0.101 e. The second-order valence-corrected chi connectivity index (χ2v) is 7.54. The van der Waals surface area contributed by atoms with Crippen LogP contribution < -0.4 is 0 Å². The molecule has 26 heavy (non-hydrogen) atoms. The van der Waals surface area contributed by atoms with Crippen LogP contribution in [0.15, 0.2) is 84.6 Å². The average Bonchev–Trinajstić information content (AvgIpc) is 3.19. The molecule has 1 nitrogen and oxygen atoms in total. The van der Waals surface area contributed by atoms with Gasteiger partial charge in [0, 0.05) is 5.92 Å². The van der Waals surface area contributed by atoms with Crippen molar-refractivity contribution in [1.29, 1.82) is 0 Å². The molecule has 0 amide bonds. The van der Waals surface area contributed by atoms with Crippen LogP contribution in [0.25, 0.3) is 6.08 Å². The van der Waals surface area contributed by atoms with E-state index in [1.54, 1.807) is 0 Å². The Morgan fingerprint density at radius 1 is 0.769 bits per heavy atom. The molecule has 0 saturated carbocycles.